The van der Waals surface area contributed by atoms with Gasteiger partial charge >= 0.3 is 0 Å². The Morgan fingerprint density at radius 3 is 2.39 bits per heavy atom. The summed E-state index contributed by atoms with van der Waals surface area (Å²) < 4.78 is 31.2. The molecule has 8 heteroatoms. The molecule has 0 spiro atoms. The normalized spacial score (nSPS) is 12.3. The predicted octanol–water partition coefficient (Wildman–Crippen LogP) is 3.31. The summed E-state index contributed by atoms with van der Waals surface area (Å²) in [6, 6.07) is 12.2. The molecule has 0 saturated carbocycles. The molecule has 0 aliphatic heterocycles. The Morgan fingerprint density at radius 2 is 1.82 bits per heavy atom. The average Bonchev–Trinajstić information content (AvgIpc) is 2.59. The van der Waals surface area contributed by atoms with Crippen molar-refractivity contribution in [1.82, 2.24) is 5.32 Å². The number of amides is 1. The largest absolute Gasteiger partial charge is 0.491 e. The number of halogens is 1. The lowest BCUT2D eigenvalue weighted by Gasteiger charge is -2.24. The lowest BCUT2D eigenvalue weighted by Crippen LogP contribution is -2.45. The van der Waals surface area contributed by atoms with Crippen LogP contribution in [0.1, 0.15) is 18.1 Å². The third-order valence-corrected chi connectivity index (χ3v) is 5.41. The first-order valence-electron chi connectivity index (χ1n) is 8.79. The highest BCUT2D eigenvalue weighted by Gasteiger charge is 2.23. The lowest BCUT2D eigenvalue weighted by atomic mass is 10.2. The number of aryl methyl sites for hydroxylation is 2. The fourth-order valence-electron chi connectivity index (χ4n) is 2.63. The fraction of sp³-hybridized carbons (Fsp3) is 0.350. The van der Waals surface area contributed by atoms with Crippen molar-refractivity contribution in [3.05, 3.63) is 58.6 Å². The van der Waals surface area contributed by atoms with Crippen molar-refractivity contribution < 1.29 is 17.9 Å². The van der Waals surface area contributed by atoms with Crippen LogP contribution in [-0.2, 0) is 14.8 Å². The second-order valence-electron chi connectivity index (χ2n) is 6.79. The zero-order valence-corrected chi connectivity index (χ0v) is 18.0. The molecule has 0 aromatic heterocycles. The number of carbonyl (C=O) groups is 1. The Bertz CT molecular complexity index is 930. The molecule has 2 aromatic carbocycles. The van der Waals surface area contributed by atoms with Gasteiger partial charge in [-0.3, -0.25) is 9.10 Å². The lowest BCUT2D eigenvalue weighted by molar-refractivity contribution is -0.120. The third kappa shape index (κ3) is 6.42. The Balaban J connectivity index is 2.00. The molecule has 0 bridgehead atoms. The summed E-state index contributed by atoms with van der Waals surface area (Å²) in [6.07, 6.45) is 1.07. The second-order valence-corrected chi connectivity index (χ2v) is 9.14. The number of nitrogens with zero attached hydrogens (tertiary/aromatic N) is 1. The van der Waals surface area contributed by atoms with Crippen molar-refractivity contribution in [1.29, 1.82) is 0 Å². The van der Waals surface area contributed by atoms with Crippen LogP contribution < -0.4 is 14.4 Å². The molecule has 0 aliphatic carbocycles. The van der Waals surface area contributed by atoms with Crippen LogP contribution in [0.4, 0.5) is 5.69 Å². The smallest absolute Gasteiger partial charge is 0.241 e. The van der Waals surface area contributed by atoms with Gasteiger partial charge < -0.3 is 10.1 Å². The van der Waals surface area contributed by atoms with Crippen LogP contribution in [0.3, 0.4) is 0 Å². The SMILES string of the molecule is Cc1ccc(OCC(C)NC(=O)CN(c2ccc(Cl)cc2C)S(C)(=O)=O)cc1. The molecule has 2 rings (SSSR count). The van der Waals surface area contributed by atoms with E-state index in [2.05, 4.69) is 5.32 Å². The van der Waals surface area contributed by atoms with Crippen LogP contribution in [0.5, 0.6) is 5.75 Å². The van der Waals surface area contributed by atoms with Crippen molar-refractivity contribution in [2.45, 2.75) is 26.8 Å². The van der Waals surface area contributed by atoms with E-state index in [-0.39, 0.29) is 19.2 Å². The van der Waals surface area contributed by atoms with Gasteiger partial charge in [0, 0.05) is 5.02 Å². The summed E-state index contributed by atoms with van der Waals surface area (Å²) in [5.41, 5.74) is 2.22. The van der Waals surface area contributed by atoms with Gasteiger partial charge in [0.2, 0.25) is 15.9 Å². The molecule has 0 heterocycles. The van der Waals surface area contributed by atoms with Crippen molar-refractivity contribution in [3.8, 4) is 5.75 Å². The second kappa shape index (κ2) is 9.30. The Labute approximate surface area is 171 Å². The minimum absolute atomic E-state index is 0.271. The number of hydrogen-bond donors (Lipinski definition) is 1. The molecular weight excluding hydrogens is 400 g/mol. The van der Waals surface area contributed by atoms with Gasteiger partial charge in [0.15, 0.2) is 0 Å². The number of anilines is 1. The molecule has 1 amide bonds. The van der Waals surface area contributed by atoms with E-state index < -0.39 is 15.9 Å². The standard InChI is InChI=1S/C20H25ClN2O4S/c1-14-5-8-18(9-6-14)27-13-16(3)22-20(24)12-23(28(4,25)26)19-10-7-17(21)11-15(19)2/h5-11,16H,12-13H2,1-4H3,(H,22,24). The Kier molecular flexibility index (Phi) is 7.32. The molecular formula is C20H25ClN2O4S. The van der Waals surface area contributed by atoms with Crippen LogP contribution in [0.2, 0.25) is 5.02 Å². The molecule has 2 aromatic rings. The third-order valence-electron chi connectivity index (χ3n) is 4.04. The number of hydrogen-bond acceptors (Lipinski definition) is 4. The van der Waals surface area contributed by atoms with Gasteiger partial charge in [0.05, 0.1) is 18.0 Å². The number of ether oxygens (including phenoxy) is 1. The molecule has 1 N–H and O–H groups in total. The van der Waals surface area contributed by atoms with Gasteiger partial charge in [-0.1, -0.05) is 29.3 Å². The van der Waals surface area contributed by atoms with Gasteiger partial charge in [-0.15, -0.1) is 0 Å². The molecule has 1 atom stereocenters. The van der Waals surface area contributed by atoms with E-state index in [1.54, 1.807) is 32.0 Å². The van der Waals surface area contributed by atoms with E-state index in [1.807, 2.05) is 31.2 Å². The first kappa shape index (κ1) is 22.0. The number of nitrogens with one attached hydrogen (secondary N) is 1. The molecule has 0 radical (unpaired) electrons. The van der Waals surface area contributed by atoms with Gasteiger partial charge in [0.1, 0.15) is 18.9 Å². The quantitative estimate of drug-likeness (QED) is 0.705. The van der Waals surface area contributed by atoms with Crippen molar-refractivity contribution in [2.24, 2.45) is 0 Å². The average molecular weight is 425 g/mol. The van der Waals surface area contributed by atoms with Crippen LogP contribution in [-0.4, -0.2) is 39.8 Å². The van der Waals surface area contributed by atoms with Crippen molar-refractivity contribution >= 4 is 33.2 Å². The maximum absolute atomic E-state index is 12.4. The monoisotopic (exact) mass is 424 g/mol. The first-order chi connectivity index (χ1) is 13.1. The zero-order valence-electron chi connectivity index (χ0n) is 16.4. The minimum atomic E-state index is -3.65. The van der Waals surface area contributed by atoms with Crippen LogP contribution in [0.15, 0.2) is 42.5 Å². The highest BCUT2D eigenvalue weighted by atomic mass is 35.5. The molecule has 1 unspecified atom stereocenters. The summed E-state index contributed by atoms with van der Waals surface area (Å²) in [7, 11) is -3.65. The van der Waals surface area contributed by atoms with Crippen LogP contribution in [0.25, 0.3) is 0 Å². The van der Waals surface area contributed by atoms with E-state index in [4.69, 9.17) is 16.3 Å². The fourth-order valence-corrected chi connectivity index (χ4v) is 3.77. The molecule has 6 nitrogen and oxygen atoms in total. The summed E-state index contributed by atoms with van der Waals surface area (Å²) in [5.74, 6) is 0.293. The number of sulfonamides is 1. The summed E-state index contributed by atoms with van der Waals surface area (Å²) in [5, 5.41) is 3.27. The van der Waals surface area contributed by atoms with Gasteiger partial charge in [-0.25, -0.2) is 8.42 Å². The highest BCUT2D eigenvalue weighted by Crippen LogP contribution is 2.25. The maximum atomic E-state index is 12.4. The summed E-state index contributed by atoms with van der Waals surface area (Å²) >= 11 is 5.94. The van der Waals surface area contributed by atoms with E-state index in [0.717, 1.165) is 16.1 Å². The summed E-state index contributed by atoms with van der Waals surface area (Å²) in [4.78, 5) is 12.4. The van der Waals surface area contributed by atoms with E-state index in [1.165, 1.54) is 0 Å². The highest BCUT2D eigenvalue weighted by molar-refractivity contribution is 7.92. The molecule has 0 fully saturated rings. The first-order valence-corrected chi connectivity index (χ1v) is 11.0. The Morgan fingerprint density at radius 1 is 1.18 bits per heavy atom. The zero-order chi connectivity index (χ0) is 20.9. The number of carbonyl (C=O) groups excluding carboxylic acids is 1. The Hall–Kier alpha value is -2.25. The molecule has 0 saturated heterocycles. The molecule has 28 heavy (non-hydrogen) atoms. The van der Waals surface area contributed by atoms with Crippen LogP contribution in [0, 0.1) is 13.8 Å². The van der Waals surface area contributed by atoms with Gasteiger partial charge in [0.25, 0.3) is 0 Å². The van der Waals surface area contributed by atoms with E-state index in [9.17, 15) is 13.2 Å². The topological polar surface area (TPSA) is 75.7 Å². The van der Waals surface area contributed by atoms with Crippen LogP contribution >= 0.6 is 11.6 Å². The number of benzene rings is 2. The van der Waals surface area contributed by atoms with Gasteiger partial charge in [-0.05, 0) is 56.7 Å². The maximum Gasteiger partial charge on any atom is 0.241 e. The van der Waals surface area contributed by atoms with Crippen molar-refractivity contribution in [3.63, 3.8) is 0 Å². The van der Waals surface area contributed by atoms with Gasteiger partial charge in [-0.2, -0.15) is 0 Å². The predicted molar refractivity (Wildman–Crippen MR) is 113 cm³/mol. The molecule has 0 aliphatic rings. The number of rotatable bonds is 8. The van der Waals surface area contributed by atoms with Crippen molar-refractivity contribution in [2.75, 3.05) is 23.7 Å². The van der Waals surface area contributed by atoms with E-state index >= 15 is 0 Å². The molecule has 152 valence electrons. The minimum Gasteiger partial charge on any atom is -0.491 e. The van der Waals surface area contributed by atoms with E-state index in [0.29, 0.717) is 22.0 Å². The summed E-state index contributed by atoms with van der Waals surface area (Å²) in [6.45, 7) is 5.48.